The van der Waals surface area contributed by atoms with E-state index in [1.54, 1.807) is 24.3 Å². The standard InChI is InChI=1S/C23H28N4O4/c1-5-9-24-22(29)23(30)27-25-13-18-7-6-8-19(12-18)31-14-20(28)26-21-16(3)10-15(2)11-17(21)4/h6-8,10-13H,5,9,14H2,1-4H3,(H,24,29)(H,26,28)(H,27,30)/b25-13-. The number of hydrogen-bond donors (Lipinski definition) is 3. The molecule has 0 aromatic heterocycles. The van der Waals surface area contributed by atoms with Gasteiger partial charge in [0.15, 0.2) is 6.61 Å². The van der Waals surface area contributed by atoms with E-state index in [0.29, 0.717) is 17.9 Å². The fraction of sp³-hybridized carbons (Fsp3) is 0.304. The molecule has 0 aliphatic carbocycles. The van der Waals surface area contributed by atoms with Gasteiger partial charge in [-0.3, -0.25) is 14.4 Å². The Labute approximate surface area is 182 Å². The van der Waals surface area contributed by atoms with Crippen LogP contribution >= 0.6 is 0 Å². The molecule has 0 saturated carbocycles. The lowest BCUT2D eigenvalue weighted by Crippen LogP contribution is -2.38. The lowest BCUT2D eigenvalue weighted by molar-refractivity contribution is -0.139. The fourth-order valence-corrected chi connectivity index (χ4v) is 2.92. The van der Waals surface area contributed by atoms with E-state index in [4.69, 9.17) is 4.74 Å². The van der Waals surface area contributed by atoms with Crippen LogP contribution in [0.3, 0.4) is 0 Å². The number of benzene rings is 2. The van der Waals surface area contributed by atoms with E-state index in [9.17, 15) is 14.4 Å². The van der Waals surface area contributed by atoms with Crippen molar-refractivity contribution in [1.82, 2.24) is 10.7 Å². The zero-order chi connectivity index (χ0) is 22.8. The average Bonchev–Trinajstić information content (AvgIpc) is 2.73. The number of anilines is 1. The second-order valence-electron chi connectivity index (χ2n) is 7.14. The lowest BCUT2D eigenvalue weighted by atomic mass is 10.1. The highest BCUT2D eigenvalue weighted by Gasteiger charge is 2.11. The molecule has 0 radical (unpaired) electrons. The van der Waals surface area contributed by atoms with Crippen molar-refractivity contribution in [3.63, 3.8) is 0 Å². The third-order valence-electron chi connectivity index (χ3n) is 4.29. The second kappa shape index (κ2) is 11.5. The number of hydrogen-bond acceptors (Lipinski definition) is 5. The van der Waals surface area contributed by atoms with Gasteiger partial charge < -0.3 is 15.4 Å². The molecule has 0 atom stereocenters. The number of rotatable bonds is 8. The van der Waals surface area contributed by atoms with E-state index in [2.05, 4.69) is 21.2 Å². The molecular weight excluding hydrogens is 396 g/mol. The Bertz CT molecular complexity index is 962. The first-order chi connectivity index (χ1) is 14.8. The van der Waals surface area contributed by atoms with Crippen LogP contribution in [-0.4, -0.2) is 37.1 Å². The van der Waals surface area contributed by atoms with Crippen molar-refractivity contribution in [1.29, 1.82) is 0 Å². The van der Waals surface area contributed by atoms with E-state index in [-0.39, 0.29) is 12.5 Å². The van der Waals surface area contributed by atoms with Crippen molar-refractivity contribution in [3.8, 4) is 5.75 Å². The molecule has 0 spiro atoms. The monoisotopic (exact) mass is 424 g/mol. The first-order valence-electron chi connectivity index (χ1n) is 10.0. The van der Waals surface area contributed by atoms with Crippen molar-refractivity contribution in [3.05, 3.63) is 58.7 Å². The molecular formula is C23H28N4O4. The minimum Gasteiger partial charge on any atom is -0.484 e. The van der Waals surface area contributed by atoms with Crippen molar-refractivity contribution in [2.45, 2.75) is 34.1 Å². The zero-order valence-corrected chi connectivity index (χ0v) is 18.2. The van der Waals surface area contributed by atoms with Crippen molar-refractivity contribution in [2.75, 3.05) is 18.5 Å². The minimum absolute atomic E-state index is 0.151. The minimum atomic E-state index is -0.838. The molecule has 8 heteroatoms. The van der Waals surface area contributed by atoms with Gasteiger partial charge in [-0.05, 0) is 56.0 Å². The number of carbonyl (C=O) groups excluding carboxylic acids is 3. The summed E-state index contributed by atoms with van der Waals surface area (Å²) in [4.78, 5) is 35.4. The SMILES string of the molecule is CCCNC(=O)C(=O)N/N=C\c1cccc(OCC(=O)Nc2c(C)cc(C)cc2C)c1. The Morgan fingerprint density at radius 3 is 2.42 bits per heavy atom. The molecule has 0 bridgehead atoms. The van der Waals surface area contributed by atoms with Crippen LogP contribution < -0.4 is 20.8 Å². The molecule has 0 aliphatic heterocycles. The molecule has 2 rings (SSSR count). The summed E-state index contributed by atoms with van der Waals surface area (Å²) < 4.78 is 5.57. The van der Waals surface area contributed by atoms with Crippen LogP contribution in [0.1, 0.15) is 35.6 Å². The molecule has 2 aromatic carbocycles. The number of hydrazone groups is 1. The van der Waals surface area contributed by atoms with Gasteiger partial charge in [-0.25, -0.2) is 5.43 Å². The molecule has 3 amide bonds. The Morgan fingerprint density at radius 1 is 1.03 bits per heavy atom. The predicted octanol–water partition coefficient (Wildman–Crippen LogP) is 2.61. The van der Waals surface area contributed by atoms with E-state index < -0.39 is 11.8 Å². The number of aryl methyl sites for hydroxylation is 3. The van der Waals surface area contributed by atoms with Crippen molar-refractivity contribution < 1.29 is 19.1 Å². The summed E-state index contributed by atoms with van der Waals surface area (Å²) in [5.41, 5.74) is 6.72. The van der Waals surface area contributed by atoms with Crippen LogP contribution in [0.2, 0.25) is 0 Å². The quantitative estimate of drug-likeness (QED) is 0.344. The molecule has 8 nitrogen and oxygen atoms in total. The fourth-order valence-electron chi connectivity index (χ4n) is 2.92. The van der Waals surface area contributed by atoms with Gasteiger partial charge in [0, 0.05) is 12.2 Å². The first-order valence-corrected chi connectivity index (χ1v) is 10.0. The summed E-state index contributed by atoms with van der Waals surface area (Å²) in [6.45, 7) is 8.07. The molecule has 0 fully saturated rings. The summed E-state index contributed by atoms with van der Waals surface area (Å²) in [6.07, 6.45) is 2.12. The molecule has 0 saturated heterocycles. The van der Waals surface area contributed by atoms with Crippen LogP contribution in [0, 0.1) is 20.8 Å². The average molecular weight is 425 g/mol. The van der Waals surface area contributed by atoms with Gasteiger partial charge in [-0.1, -0.05) is 36.8 Å². The predicted molar refractivity (Wildman–Crippen MR) is 120 cm³/mol. The third kappa shape index (κ3) is 7.58. The molecule has 0 aliphatic rings. The van der Waals surface area contributed by atoms with Gasteiger partial charge in [0.05, 0.1) is 6.21 Å². The highest BCUT2D eigenvalue weighted by molar-refractivity contribution is 6.35. The van der Waals surface area contributed by atoms with Crippen molar-refractivity contribution in [2.24, 2.45) is 5.10 Å². The normalized spacial score (nSPS) is 10.6. The molecule has 31 heavy (non-hydrogen) atoms. The van der Waals surface area contributed by atoms with Gasteiger partial charge in [-0.2, -0.15) is 5.10 Å². The summed E-state index contributed by atoms with van der Waals surface area (Å²) >= 11 is 0. The lowest BCUT2D eigenvalue weighted by Gasteiger charge is -2.13. The Kier molecular flexibility index (Phi) is 8.75. The smallest absolute Gasteiger partial charge is 0.329 e. The van der Waals surface area contributed by atoms with E-state index >= 15 is 0 Å². The highest BCUT2D eigenvalue weighted by Crippen LogP contribution is 2.22. The summed E-state index contributed by atoms with van der Waals surface area (Å²) in [5.74, 6) is -1.36. The van der Waals surface area contributed by atoms with Crippen molar-refractivity contribution >= 4 is 29.6 Å². The summed E-state index contributed by atoms with van der Waals surface area (Å²) in [6, 6.07) is 10.9. The maximum absolute atomic E-state index is 12.3. The number of nitrogens with zero attached hydrogens (tertiary/aromatic N) is 1. The Morgan fingerprint density at radius 2 is 1.74 bits per heavy atom. The molecule has 3 N–H and O–H groups in total. The van der Waals surface area contributed by atoms with Crippen LogP contribution in [0.15, 0.2) is 41.5 Å². The van der Waals surface area contributed by atoms with Gasteiger partial charge in [0.25, 0.3) is 5.91 Å². The Hall–Kier alpha value is -3.68. The van der Waals surface area contributed by atoms with E-state index in [0.717, 1.165) is 28.8 Å². The van der Waals surface area contributed by atoms with Crippen LogP contribution in [0.25, 0.3) is 0 Å². The maximum atomic E-state index is 12.3. The van der Waals surface area contributed by atoms with Gasteiger partial charge in [-0.15, -0.1) is 0 Å². The number of ether oxygens (including phenoxy) is 1. The number of amides is 3. The number of nitrogens with one attached hydrogen (secondary N) is 3. The molecule has 0 heterocycles. The van der Waals surface area contributed by atoms with Gasteiger partial charge >= 0.3 is 11.8 Å². The van der Waals surface area contributed by atoms with E-state index in [1.165, 1.54) is 6.21 Å². The zero-order valence-electron chi connectivity index (χ0n) is 18.2. The van der Waals surface area contributed by atoms with Gasteiger partial charge in [0.2, 0.25) is 0 Å². The van der Waals surface area contributed by atoms with Crippen LogP contribution in [0.5, 0.6) is 5.75 Å². The first kappa shape index (κ1) is 23.6. The van der Waals surface area contributed by atoms with Crippen LogP contribution in [0.4, 0.5) is 5.69 Å². The largest absolute Gasteiger partial charge is 0.484 e. The molecule has 0 unspecified atom stereocenters. The molecule has 2 aromatic rings. The third-order valence-corrected chi connectivity index (χ3v) is 4.29. The number of carbonyl (C=O) groups is 3. The summed E-state index contributed by atoms with van der Waals surface area (Å²) in [7, 11) is 0. The summed E-state index contributed by atoms with van der Waals surface area (Å²) in [5, 5.41) is 9.12. The van der Waals surface area contributed by atoms with Gasteiger partial charge in [0.1, 0.15) is 5.75 Å². The van der Waals surface area contributed by atoms with E-state index in [1.807, 2.05) is 39.8 Å². The Balaban J connectivity index is 1.89. The second-order valence-corrected chi connectivity index (χ2v) is 7.14. The topological polar surface area (TPSA) is 109 Å². The molecule has 164 valence electrons. The van der Waals surface area contributed by atoms with Crippen LogP contribution in [-0.2, 0) is 14.4 Å². The maximum Gasteiger partial charge on any atom is 0.329 e. The highest BCUT2D eigenvalue weighted by atomic mass is 16.5.